The number of nitrogens with zero attached hydrogens (tertiary/aromatic N) is 2. The number of thiocarbonyl (C=S) groups is 1. The van der Waals surface area contributed by atoms with Crippen molar-refractivity contribution >= 4 is 44.7 Å². The van der Waals surface area contributed by atoms with Crippen LogP contribution in [0.5, 0.6) is 0 Å². The van der Waals surface area contributed by atoms with Crippen LogP contribution in [0.15, 0.2) is 71.9 Å². The topological polar surface area (TPSA) is 96.0 Å². The molecule has 0 spiro atoms. The number of nitrogens with one attached hydrogen (secondary N) is 3. The highest BCUT2D eigenvalue weighted by atomic mass is 32.2. The summed E-state index contributed by atoms with van der Waals surface area (Å²) in [6.45, 7) is 0. The van der Waals surface area contributed by atoms with Crippen molar-refractivity contribution in [2.24, 2.45) is 0 Å². The van der Waals surface area contributed by atoms with Crippen LogP contribution in [0.1, 0.15) is 0 Å². The van der Waals surface area contributed by atoms with Gasteiger partial charge in [0.15, 0.2) is 5.11 Å². The van der Waals surface area contributed by atoms with Crippen LogP contribution in [0.3, 0.4) is 0 Å². The van der Waals surface area contributed by atoms with Crippen molar-refractivity contribution < 1.29 is 12.8 Å². The minimum Gasteiger partial charge on any atom is -0.332 e. The van der Waals surface area contributed by atoms with Crippen LogP contribution in [0.2, 0.25) is 0 Å². The van der Waals surface area contributed by atoms with Gasteiger partial charge in [-0.1, -0.05) is 12.1 Å². The highest BCUT2D eigenvalue weighted by molar-refractivity contribution is 7.92. The van der Waals surface area contributed by atoms with Gasteiger partial charge in [0.05, 0.1) is 10.6 Å². The SMILES string of the molecule is O=S(=O)(Nc1ncccn1)c1ccc(NC(=S)Nc2ccccc2F)cc1. The van der Waals surface area contributed by atoms with Gasteiger partial charge >= 0.3 is 0 Å². The molecule has 3 N–H and O–H groups in total. The van der Waals surface area contributed by atoms with Crippen LogP contribution >= 0.6 is 12.2 Å². The Kier molecular flexibility index (Phi) is 5.57. The molecule has 0 amide bonds. The van der Waals surface area contributed by atoms with Gasteiger partial charge in [0.2, 0.25) is 5.95 Å². The molecule has 0 atom stereocenters. The zero-order chi connectivity index (χ0) is 19.3. The molecule has 10 heteroatoms. The van der Waals surface area contributed by atoms with E-state index in [0.29, 0.717) is 5.69 Å². The Morgan fingerprint density at radius 2 is 1.59 bits per heavy atom. The van der Waals surface area contributed by atoms with Crippen molar-refractivity contribution in [1.29, 1.82) is 0 Å². The fourth-order valence-electron chi connectivity index (χ4n) is 2.10. The number of hydrogen-bond donors (Lipinski definition) is 3. The summed E-state index contributed by atoms with van der Waals surface area (Å²) in [5.74, 6) is -0.452. The van der Waals surface area contributed by atoms with Gasteiger partial charge in [-0.15, -0.1) is 0 Å². The normalized spacial score (nSPS) is 10.9. The highest BCUT2D eigenvalue weighted by Crippen LogP contribution is 2.17. The minimum atomic E-state index is -3.81. The number of aromatic nitrogens is 2. The molecule has 0 aliphatic rings. The molecular weight excluding hydrogens is 389 g/mol. The zero-order valence-electron chi connectivity index (χ0n) is 13.8. The maximum absolute atomic E-state index is 13.6. The molecule has 0 aliphatic carbocycles. The van der Waals surface area contributed by atoms with Gasteiger partial charge in [-0.3, -0.25) is 0 Å². The van der Waals surface area contributed by atoms with E-state index in [4.69, 9.17) is 12.2 Å². The van der Waals surface area contributed by atoms with Crippen LogP contribution < -0.4 is 15.4 Å². The lowest BCUT2D eigenvalue weighted by Gasteiger charge is -2.12. The number of hydrogen-bond acceptors (Lipinski definition) is 5. The van der Waals surface area contributed by atoms with E-state index in [-0.39, 0.29) is 21.6 Å². The molecule has 138 valence electrons. The summed E-state index contributed by atoms with van der Waals surface area (Å²) in [4.78, 5) is 7.68. The molecule has 0 fully saturated rings. The summed E-state index contributed by atoms with van der Waals surface area (Å²) >= 11 is 5.13. The Bertz CT molecular complexity index is 1040. The van der Waals surface area contributed by atoms with E-state index in [1.165, 1.54) is 42.7 Å². The average Bonchev–Trinajstić information content (AvgIpc) is 2.64. The first-order valence-corrected chi connectivity index (χ1v) is 9.56. The summed E-state index contributed by atoms with van der Waals surface area (Å²) in [5, 5.41) is 5.77. The number of benzene rings is 2. The van der Waals surface area contributed by atoms with Crippen LogP contribution in [-0.4, -0.2) is 23.5 Å². The second-order valence-electron chi connectivity index (χ2n) is 5.26. The van der Waals surface area contributed by atoms with Crippen molar-refractivity contribution in [3.05, 3.63) is 72.8 Å². The summed E-state index contributed by atoms with van der Waals surface area (Å²) < 4.78 is 40.5. The molecule has 1 heterocycles. The number of para-hydroxylation sites is 1. The zero-order valence-corrected chi connectivity index (χ0v) is 15.4. The van der Waals surface area contributed by atoms with E-state index in [0.717, 1.165) is 0 Å². The van der Waals surface area contributed by atoms with E-state index >= 15 is 0 Å². The van der Waals surface area contributed by atoms with Crippen LogP contribution in [0.4, 0.5) is 21.7 Å². The number of rotatable bonds is 5. The molecule has 2 aromatic carbocycles. The Hall–Kier alpha value is -3.11. The molecule has 3 aromatic rings. The third kappa shape index (κ3) is 4.96. The first-order valence-electron chi connectivity index (χ1n) is 7.66. The second kappa shape index (κ2) is 8.06. The van der Waals surface area contributed by atoms with Gasteiger partial charge < -0.3 is 10.6 Å². The summed E-state index contributed by atoms with van der Waals surface area (Å²) in [6.07, 6.45) is 2.86. The number of halogens is 1. The Balaban J connectivity index is 1.66. The lowest BCUT2D eigenvalue weighted by Crippen LogP contribution is -2.20. The smallest absolute Gasteiger partial charge is 0.264 e. The molecule has 3 rings (SSSR count). The van der Waals surface area contributed by atoms with Gasteiger partial charge in [-0.2, -0.15) is 0 Å². The van der Waals surface area contributed by atoms with Crippen LogP contribution in [0, 0.1) is 5.82 Å². The van der Waals surface area contributed by atoms with E-state index in [1.807, 2.05) is 0 Å². The fraction of sp³-hybridized carbons (Fsp3) is 0. The standard InChI is InChI=1S/C17H14FN5O2S2/c18-14-4-1-2-5-15(14)22-17(26)21-12-6-8-13(9-7-12)27(24,25)23-16-19-10-3-11-20-16/h1-11H,(H,19,20,23)(H2,21,22,26). The molecule has 7 nitrogen and oxygen atoms in total. The molecule has 27 heavy (non-hydrogen) atoms. The predicted octanol–water partition coefficient (Wildman–Crippen LogP) is 3.23. The van der Waals surface area contributed by atoms with Crippen molar-refractivity contribution in [2.45, 2.75) is 4.90 Å². The molecular formula is C17H14FN5O2S2. The lowest BCUT2D eigenvalue weighted by molar-refractivity contribution is 0.601. The van der Waals surface area contributed by atoms with Crippen LogP contribution in [0.25, 0.3) is 0 Å². The maximum Gasteiger partial charge on any atom is 0.264 e. The fourth-order valence-corrected chi connectivity index (χ4v) is 3.28. The number of sulfonamides is 1. The van der Waals surface area contributed by atoms with Crippen molar-refractivity contribution in [3.63, 3.8) is 0 Å². The Morgan fingerprint density at radius 1 is 0.926 bits per heavy atom. The summed E-state index contributed by atoms with van der Waals surface area (Å²) in [7, 11) is -3.81. The number of anilines is 3. The third-order valence-electron chi connectivity index (χ3n) is 3.34. The van der Waals surface area contributed by atoms with E-state index < -0.39 is 15.8 Å². The second-order valence-corrected chi connectivity index (χ2v) is 7.35. The molecule has 0 aliphatic heterocycles. The molecule has 1 aromatic heterocycles. The van der Waals surface area contributed by atoms with Gasteiger partial charge in [0, 0.05) is 18.1 Å². The quantitative estimate of drug-likeness (QED) is 0.563. The first-order chi connectivity index (χ1) is 12.9. The molecule has 0 unspecified atom stereocenters. The minimum absolute atomic E-state index is 0.0185. The van der Waals surface area contributed by atoms with E-state index in [9.17, 15) is 12.8 Å². The van der Waals surface area contributed by atoms with Crippen molar-refractivity contribution in [2.75, 3.05) is 15.4 Å². The van der Waals surface area contributed by atoms with Gasteiger partial charge in [-0.05, 0) is 54.7 Å². The third-order valence-corrected chi connectivity index (χ3v) is 4.88. The molecule has 0 saturated heterocycles. The molecule has 0 radical (unpaired) electrons. The monoisotopic (exact) mass is 403 g/mol. The van der Waals surface area contributed by atoms with Crippen molar-refractivity contribution in [3.8, 4) is 0 Å². The van der Waals surface area contributed by atoms with E-state index in [2.05, 4.69) is 25.3 Å². The highest BCUT2D eigenvalue weighted by Gasteiger charge is 2.15. The Labute approximate surface area is 160 Å². The largest absolute Gasteiger partial charge is 0.332 e. The van der Waals surface area contributed by atoms with Gasteiger partial charge in [-0.25, -0.2) is 27.5 Å². The van der Waals surface area contributed by atoms with Crippen molar-refractivity contribution in [1.82, 2.24) is 9.97 Å². The molecule has 0 bridgehead atoms. The Morgan fingerprint density at radius 3 is 2.26 bits per heavy atom. The molecule has 0 saturated carbocycles. The summed E-state index contributed by atoms with van der Waals surface area (Å²) in [6, 6.07) is 13.6. The predicted molar refractivity (Wildman–Crippen MR) is 106 cm³/mol. The van der Waals surface area contributed by atoms with Crippen LogP contribution in [-0.2, 0) is 10.0 Å². The summed E-state index contributed by atoms with van der Waals surface area (Å²) in [5.41, 5.74) is 0.778. The maximum atomic E-state index is 13.6. The van der Waals surface area contributed by atoms with E-state index in [1.54, 1.807) is 24.3 Å². The van der Waals surface area contributed by atoms with Gasteiger partial charge in [0.25, 0.3) is 10.0 Å². The first kappa shape index (κ1) is 18.7. The van der Waals surface area contributed by atoms with Gasteiger partial charge in [0.1, 0.15) is 5.82 Å². The lowest BCUT2D eigenvalue weighted by atomic mass is 10.3. The average molecular weight is 403 g/mol.